The van der Waals surface area contributed by atoms with Crippen molar-refractivity contribution >= 4 is 23.2 Å². The van der Waals surface area contributed by atoms with E-state index in [1.807, 2.05) is 42.5 Å². The lowest BCUT2D eigenvalue weighted by atomic mass is 9.98. The smallest absolute Gasteiger partial charge is 0.233 e. The highest BCUT2D eigenvalue weighted by atomic mass is 35.5. The van der Waals surface area contributed by atoms with Gasteiger partial charge in [-0.05, 0) is 17.7 Å². The molecule has 1 unspecified atom stereocenters. The largest absolute Gasteiger partial charge is 0.329 e. The molecule has 0 heterocycles. The van der Waals surface area contributed by atoms with E-state index in [-0.39, 0.29) is 18.4 Å². The van der Waals surface area contributed by atoms with Crippen molar-refractivity contribution in [2.24, 2.45) is 5.73 Å². The topological polar surface area (TPSA) is 55.1 Å². The monoisotopic (exact) mass is 274 g/mol. The predicted octanol–water partition coefficient (Wildman–Crippen LogP) is 3.02. The summed E-state index contributed by atoms with van der Waals surface area (Å²) in [5.41, 5.74) is 7.20. The van der Waals surface area contributed by atoms with E-state index in [1.54, 1.807) is 12.1 Å². The van der Waals surface area contributed by atoms with Gasteiger partial charge in [-0.3, -0.25) is 4.79 Å². The second kappa shape index (κ2) is 6.36. The number of anilines is 1. The highest BCUT2D eigenvalue weighted by Gasteiger charge is 2.19. The Morgan fingerprint density at radius 2 is 1.74 bits per heavy atom. The average molecular weight is 275 g/mol. The molecule has 0 saturated carbocycles. The molecule has 2 rings (SSSR count). The van der Waals surface area contributed by atoms with Gasteiger partial charge in [0.05, 0.1) is 16.6 Å². The van der Waals surface area contributed by atoms with Crippen LogP contribution < -0.4 is 11.1 Å². The van der Waals surface area contributed by atoms with Gasteiger partial charge in [-0.15, -0.1) is 0 Å². The Hall–Kier alpha value is -1.84. The number of amides is 1. The third-order valence-corrected chi connectivity index (χ3v) is 3.22. The minimum atomic E-state index is -0.377. The fraction of sp³-hybridized carbons (Fsp3) is 0.133. The molecule has 1 atom stereocenters. The molecule has 0 fully saturated rings. The van der Waals surface area contributed by atoms with Crippen molar-refractivity contribution in [2.75, 3.05) is 11.9 Å². The fourth-order valence-electron chi connectivity index (χ4n) is 1.86. The quantitative estimate of drug-likeness (QED) is 0.900. The Morgan fingerprint density at radius 3 is 2.37 bits per heavy atom. The van der Waals surface area contributed by atoms with Crippen molar-refractivity contribution in [1.29, 1.82) is 0 Å². The third kappa shape index (κ3) is 3.34. The maximum atomic E-state index is 12.2. The summed E-state index contributed by atoms with van der Waals surface area (Å²) in [7, 11) is 0. The molecule has 1 amide bonds. The van der Waals surface area contributed by atoms with E-state index in [9.17, 15) is 4.79 Å². The normalized spacial score (nSPS) is 11.9. The van der Waals surface area contributed by atoms with Gasteiger partial charge in [0.15, 0.2) is 0 Å². The minimum Gasteiger partial charge on any atom is -0.329 e. The number of para-hydroxylation sites is 1. The van der Waals surface area contributed by atoms with Gasteiger partial charge in [0, 0.05) is 6.54 Å². The van der Waals surface area contributed by atoms with Gasteiger partial charge in [0.2, 0.25) is 5.91 Å². The van der Waals surface area contributed by atoms with Gasteiger partial charge in [-0.2, -0.15) is 0 Å². The van der Waals surface area contributed by atoms with E-state index in [1.165, 1.54) is 0 Å². The summed E-state index contributed by atoms with van der Waals surface area (Å²) in [6.45, 7) is 0.250. The fourth-order valence-corrected chi connectivity index (χ4v) is 2.05. The van der Waals surface area contributed by atoms with Crippen LogP contribution in [0, 0.1) is 0 Å². The number of rotatable bonds is 4. The molecule has 2 aromatic carbocycles. The van der Waals surface area contributed by atoms with Crippen LogP contribution in [0.5, 0.6) is 0 Å². The van der Waals surface area contributed by atoms with Crippen LogP contribution in [0.1, 0.15) is 11.5 Å². The molecule has 0 aliphatic carbocycles. The van der Waals surface area contributed by atoms with Gasteiger partial charge in [-0.1, -0.05) is 54.1 Å². The van der Waals surface area contributed by atoms with Gasteiger partial charge >= 0.3 is 0 Å². The summed E-state index contributed by atoms with van der Waals surface area (Å²) < 4.78 is 0. The lowest BCUT2D eigenvalue weighted by Gasteiger charge is -2.15. The predicted molar refractivity (Wildman–Crippen MR) is 78.3 cm³/mol. The molecule has 0 spiro atoms. The van der Waals surface area contributed by atoms with Crippen molar-refractivity contribution in [3.05, 3.63) is 65.2 Å². The first kappa shape index (κ1) is 13.6. The van der Waals surface area contributed by atoms with Crippen LogP contribution in [0.3, 0.4) is 0 Å². The van der Waals surface area contributed by atoms with Crippen LogP contribution in [0.2, 0.25) is 5.02 Å². The minimum absolute atomic E-state index is 0.151. The second-order valence-electron chi connectivity index (χ2n) is 4.17. The van der Waals surface area contributed by atoms with E-state index < -0.39 is 0 Å². The van der Waals surface area contributed by atoms with E-state index >= 15 is 0 Å². The number of carbonyl (C=O) groups is 1. The molecule has 2 aromatic rings. The van der Waals surface area contributed by atoms with Crippen molar-refractivity contribution in [1.82, 2.24) is 0 Å². The molecule has 3 N–H and O–H groups in total. The number of benzene rings is 2. The Morgan fingerprint density at radius 1 is 1.11 bits per heavy atom. The number of nitrogens with one attached hydrogen (secondary N) is 1. The lowest BCUT2D eigenvalue weighted by Crippen LogP contribution is -2.27. The molecule has 0 aromatic heterocycles. The van der Waals surface area contributed by atoms with Gasteiger partial charge in [0.25, 0.3) is 0 Å². The first-order valence-corrected chi connectivity index (χ1v) is 6.40. The SMILES string of the molecule is NCC(C(=O)Nc1ccccc1Cl)c1ccccc1. The van der Waals surface area contributed by atoms with E-state index in [0.717, 1.165) is 5.56 Å². The van der Waals surface area contributed by atoms with Crippen molar-refractivity contribution in [2.45, 2.75) is 5.92 Å². The molecule has 3 nitrogen and oxygen atoms in total. The van der Waals surface area contributed by atoms with Crippen molar-refractivity contribution < 1.29 is 4.79 Å². The zero-order chi connectivity index (χ0) is 13.7. The molecular weight excluding hydrogens is 260 g/mol. The van der Waals surface area contributed by atoms with Crippen molar-refractivity contribution in [3.63, 3.8) is 0 Å². The van der Waals surface area contributed by atoms with E-state index in [0.29, 0.717) is 10.7 Å². The molecule has 0 bridgehead atoms. The van der Waals surface area contributed by atoms with E-state index in [4.69, 9.17) is 17.3 Å². The highest BCUT2D eigenvalue weighted by molar-refractivity contribution is 6.33. The molecule has 0 radical (unpaired) electrons. The summed E-state index contributed by atoms with van der Waals surface area (Å²) >= 11 is 6.02. The first-order chi connectivity index (χ1) is 9.22. The van der Waals surface area contributed by atoms with Crippen LogP contribution in [0.25, 0.3) is 0 Å². The molecular formula is C15H15ClN2O. The van der Waals surface area contributed by atoms with Crippen LogP contribution >= 0.6 is 11.6 Å². The summed E-state index contributed by atoms with van der Waals surface area (Å²) in [5.74, 6) is -0.528. The van der Waals surface area contributed by atoms with Gasteiger partial charge in [-0.25, -0.2) is 0 Å². The van der Waals surface area contributed by atoms with Crippen LogP contribution in [-0.2, 0) is 4.79 Å². The molecule has 19 heavy (non-hydrogen) atoms. The first-order valence-electron chi connectivity index (χ1n) is 6.02. The summed E-state index contributed by atoms with van der Waals surface area (Å²) in [5, 5.41) is 3.32. The van der Waals surface area contributed by atoms with Gasteiger partial charge in [0.1, 0.15) is 0 Å². The Bertz CT molecular complexity index is 557. The molecule has 4 heteroatoms. The second-order valence-corrected chi connectivity index (χ2v) is 4.58. The number of hydrogen-bond donors (Lipinski definition) is 2. The highest BCUT2D eigenvalue weighted by Crippen LogP contribution is 2.23. The van der Waals surface area contributed by atoms with E-state index in [2.05, 4.69) is 5.32 Å². The number of carbonyl (C=O) groups excluding carboxylic acids is 1. The summed E-state index contributed by atoms with van der Waals surface area (Å²) in [6, 6.07) is 16.6. The van der Waals surface area contributed by atoms with Crippen LogP contribution in [0.15, 0.2) is 54.6 Å². The Balaban J connectivity index is 2.17. The van der Waals surface area contributed by atoms with Crippen LogP contribution in [0.4, 0.5) is 5.69 Å². The molecule has 0 aliphatic rings. The maximum Gasteiger partial charge on any atom is 0.233 e. The van der Waals surface area contributed by atoms with Crippen LogP contribution in [-0.4, -0.2) is 12.5 Å². The molecule has 0 saturated heterocycles. The maximum absolute atomic E-state index is 12.2. The average Bonchev–Trinajstić information content (AvgIpc) is 2.43. The standard InChI is InChI=1S/C15H15ClN2O/c16-13-8-4-5-9-14(13)18-15(19)12(10-17)11-6-2-1-3-7-11/h1-9,12H,10,17H2,(H,18,19). The van der Waals surface area contributed by atoms with Crippen molar-refractivity contribution in [3.8, 4) is 0 Å². The third-order valence-electron chi connectivity index (χ3n) is 2.89. The molecule has 0 aliphatic heterocycles. The number of nitrogens with two attached hydrogens (primary N) is 1. The zero-order valence-electron chi connectivity index (χ0n) is 10.3. The summed E-state index contributed by atoms with van der Waals surface area (Å²) in [6.07, 6.45) is 0. The Kier molecular flexibility index (Phi) is 4.55. The Labute approximate surface area is 117 Å². The lowest BCUT2D eigenvalue weighted by molar-refractivity contribution is -0.117. The summed E-state index contributed by atoms with van der Waals surface area (Å²) in [4.78, 5) is 12.2. The van der Waals surface area contributed by atoms with Gasteiger partial charge < -0.3 is 11.1 Å². The number of hydrogen-bond acceptors (Lipinski definition) is 2. The zero-order valence-corrected chi connectivity index (χ0v) is 11.1. The molecule has 98 valence electrons. The number of halogens is 1.